The van der Waals surface area contributed by atoms with Crippen LogP contribution >= 0.6 is 11.6 Å². The van der Waals surface area contributed by atoms with Crippen LogP contribution in [0.4, 0.5) is 17.2 Å². The zero-order valence-electron chi connectivity index (χ0n) is 10.1. The van der Waals surface area contributed by atoms with Crippen LogP contribution in [0.15, 0.2) is 24.5 Å². The fraction of sp³-hybridized carbons (Fsp3) is 0. The van der Waals surface area contributed by atoms with Gasteiger partial charge in [-0.2, -0.15) is 4.98 Å². The first kappa shape index (κ1) is 14.4. The van der Waals surface area contributed by atoms with Gasteiger partial charge in [-0.15, -0.1) is 0 Å². The summed E-state index contributed by atoms with van der Waals surface area (Å²) in [5, 5.41) is 22.0. The Bertz CT molecular complexity index is 738. The number of nitrogens with zero attached hydrogens (tertiary/aromatic N) is 4. The van der Waals surface area contributed by atoms with E-state index in [1.165, 1.54) is 6.07 Å². The van der Waals surface area contributed by atoms with Crippen molar-refractivity contribution in [1.29, 1.82) is 0 Å². The number of hydrogen-bond donors (Lipinski definition) is 1. The first-order valence-corrected chi connectivity index (χ1v) is 5.64. The van der Waals surface area contributed by atoms with Crippen LogP contribution < -0.4 is 10.5 Å². The van der Waals surface area contributed by atoms with Crippen LogP contribution in [0.25, 0.3) is 0 Å². The van der Waals surface area contributed by atoms with E-state index in [1.807, 2.05) is 0 Å². The number of halogens is 1. The van der Waals surface area contributed by atoms with Crippen LogP contribution in [0.5, 0.6) is 11.6 Å². The highest BCUT2D eigenvalue weighted by molar-refractivity contribution is 6.30. The molecule has 0 fully saturated rings. The van der Waals surface area contributed by atoms with Gasteiger partial charge in [0.1, 0.15) is 6.33 Å². The summed E-state index contributed by atoms with van der Waals surface area (Å²) in [6.07, 6.45) is 0.939. The molecule has 2 N–H and O–H groups in total. The highest BCUT2D eigenvalue weighted by Gasteiger charge is 2.26. The van der Waals surface area contributed by atoms with Crippen molar-refractivity contribution in [3.05, 3.63) is 49.8 Å². The van der Waals surface area contributed by atoms with E-state index in [0.29, 0.717) is 0 Å². The van der Waals surface area contributed by atoms with E-state index in [1.54, 1.807) is 0 Å². The van der Waals surface area contributed by atoms with Gasteiger partial charge in [-0.1, -0.05) is 11.6 Å². The molecule has 0 aliphatic rings. The van der Waals surface area contributed by atoms with E-state index in [2.05, 4.69) is 9.97 Å². The van der Waals surface area contributed by atoms with Gasteiger partial charge in [0.15, 0.2) is 0 Å². The summed E-state index contributed by atoms with van der Waals surface area (Å²) < 4.78 is 5.13. The van der Waals surface area contributed by atoms with Crippen molar-refractivity contribution in [2.24, 2.45) is 0 Å². The topological polar surface area (TPSA) is 147 Å². The van der Waals surface area contributed by atoms with E-state index in [9.17, 15) is 20.2 Å². The Morgan fingerprint density at radius 3 is 2.52 bits per heavy atom. The molecule has 0 bridgehead atoms. The summed E-state index contributed by atoms with van der Waals surface area (Å²) in [7, 11) is 0. The molecular weight excluding hydrogens is 306 g/mol. The van der Waals surface area contributed by atoms with Gasteiger partial charge in [0.05, 0.1) is 9.85 Å². The molecule has 1 aromatic carbocycles. The van der Waals surface area contributed by atoms with Gasteiger partial charge in [-0.05, 0) is 6.07 Å². The van der Waals surface area contributed by atoms with Crippen molar-refractivity contribution in [2.75, 3.05) is 5.73 Å². The van der Waals surface area contributed by atoms with E-state index in [4.69, 9.17) is 22.1 Å². The number of rotatable bonds is 4. The third-order valence-electron chi connectivity index (χ3n) is 2.32. The Morgan fingerprint density at radius 1 is 1.19 bits per heavy atom. The SMILES string of the molecule is Nc1ncnc(Oc2cc(Cl)ccc2[N+](=O)[O-])c1[N+](=O)[O-]. The normalized spacial score (nSPS) is 10.1. The van der Waals surface area contributed by atoms with Gasteiger partial charge < -0.3 is 10.5 Å². The average molecular weight is 312 g/mol. The summed E-state index contributed by atoms with van der Waals surface area (Å²) in [6.45, 7) is 0. The molecule has 0 aliphatic heterocycles. The quantitative estimate of drug-likeness (QED) is 0.668. The summed E-state index contributed by atoms with van der Waals surface area (Å²) in [5.74, 6) is -1.23. The van der Waals surface area contributed by atoms with Crippen molar-refractivity contribution < 1.29 is 14.6 Å². The maximum atomic E-state index is 10.9. The Kier molecular flexibility index (Phi) is 3.80. The second-order valence-corrected chi connectivity index (χ2v) is 4.08. The molecule has 0 aliphatic carbocycles. The molecule has 2 aromatic rings. The molecule has 2 rings (SSSR count). The molecular formula is C10H6ClN5O5. The van der Waals surface area contributed by atoms with Crippen molar-refractivity contribution in [3.63, 3.8) is 0 Å². The van der Waals surface area contributed by atoms with E-state index < -0.39 is 32.9 Å². The summed E-state index contributed by atoms with van der Waals surface area (Å²) in [4.78, 5) is 27.3. The number of nitrogens with two attached hydrogens (primary N) is 1. The maximum Gasteiger partial charge on any atom is 0.372 e. The van der Waals surface area contributed by atoms with E-state index in [-0.39, 0.29) is 10.8 Å². The zero-order valence-corrected chi connectivity index (χ0v) is 10.9. The summed E-state index contributed by atoms with van der Waals surface area (Å²) in [6, 6.07) is 3.53. The standard InChI is InChI=1S/C10H6ClN5O5/c11-5-1-2-6(15(17)18)7(3-5)21-10-8(16(19)20)9(12)13-4-14-10/h1-4H,(H2,12,13,14). The molecule has 0 amide bonds. The molecule has 21 heavy (non-hydrogen) atoms. The van der Waals surface area contributed by atoms with Crippen LogP contribution in [0, 0.1) is 20.2 Å². The smallest absolute Gasteiger partial charge is 0.372 e. The van der Waals surface area contributed by atoms with Crippen LogP contribution in [0.2, 0.25) is 5.02 Å². The lowest BCUT2D eigenvalue weighted by Gasteiger charge is -2.06. The molecule has 10 nitrogen and oxygen atoms in total. The van der Waals surface area contributed by atoms with Crippen molar-refractivity contribution in [2.45, 2.75) is 0 Å². The second-order valence-electron chi connectivity index (χ2n) is 3.64. The van der Waals surface area contributed by atoms with Gasteiger partial charge in [0, 0.05) is 17.2 Å². The highest BCUT2D eigenvalue weighted by atomic mass is 35.5. The number of benzene rings is 1. The minimum atomic E-state index is -0.846. The Hall–Kier alpha value is -3.01. The lowest BCUT2D eigenvalue weighted by atomic mass is 10.3. The molecule has 1 aromatic heterocycles. The predicted molar refractivity (Wildman–Crippen MR) is 71.3 cm³/mol. The van der Waals surface area contributed by atoms with Gasteiger partial charge in [-0.25, -0.2) is 4.98 Å². The third kappa shape index (κ3) is 2.95. The number of anilines is 1. The summed E-state index contributed by atoms with van der Waals surface area (Å²) >= 11 is 5.73. The molecule has 0 saturated heterocycles. The van der Waals surface area contributed by atoms with Gasteiger partial charge in [0.2, 0.25) is 11.6 Å². The van der Waals surface area contributed by atoms with Crippen molar-refractivity contribution in [3.8, 4) is 11.6 Å². The van der Waals surface area contributed by atoms with Crippen molar-refractivity contribution >= 4 is 28.8 Å². The largest absolute Gasteiger partial charge is 0.426 e. The molecule has 0 spiro atoms. The van der Waals surface area contributed by atoms with Crippen LogP contribution in [-0.2, 0) is 0 Å². The summed E-state index contributed by atoms with van der Waals surface area (Å²) in [5.41, 5.74) is 4.26. The lowest BCUT2D eigenvalue weighted by molar-refractivity contribution is -0.387. The maximum absolute atomic E-state index is 10.9. The van der Waals surface area contributed by atoms with E-state index >= 15 is 0 Å². The minimum Gasteiger partial charge on any atom is -0.426 e. The number of hydrogen-bond acceptors (Lipinski definition) is 8. The molecule has 0 radical (unpaired) electrons. The Labute approximate surface area is 121 Å². The first-order chi connectivity index (χ1) is 9.90. The van der Waals surface area contributed by atoms with Crippen LogP contribution in [0.3, 0.4) is 0 Å². The fourth-order valence-electron chi connectivity index (χ4n) is 1.45. The monoisotopic (exact) mass is 311 g/mol. The number of nitro benzene ring substituents is 1. The number of ether oxygens (including phenoxy) is 1. The molecule has 0 unspecified atom stereocenters. The molecule has 108 valence electrons. The van der Waals surface area contributed by atoms with Gasteiger partial charge in [0.25, 0.3) is 0 Å². The average Bonchev–Trinajstić information content (AvgIpc) is 2.37. The number of aromatic nitrogens is 2. The second kappa shape index (κ2) is 5.54. The van der Waals surface area contributed by atoms with E-state index in [0.717, 1.165) is 18.5 Å². The highest BCUT2D eigenvalue weighted by Crippen LogP contribution is 2.37. The van der Waals surface area contributed by atoms with Crippen LogP contribution in [0.1, 0.15) is 0 Å². The lowest BCUT2D eigenvalue weighted by Crippen LogP contribution is -2.03. The predicted octanol–water partition coefficient (Wildman–Crippen LogP) is 2.32. The molecule has 11 heteroatoms. The Balaban J connectivity index is 2.53. The van der Waals surface area contributed by atoms with Gasteiger partial charge >= 0.3 is 17.3 Å². The third-order valence-corrected chi connectivity index (χ3v) is 2.56. The first-order valence-electron chi connectivity index (χ1n) is 5.27. The van der Waals surface area contributed by atoms with Crippen LogP contribution in [-0.4, -0.2) is 19.8 Å². The molecule has 0 atom stereocenters. The molecule has 1 heterocycles. The fourth-order valence-corrected chi connectivity index (χ4v) is 1.61. The van der Waals surface area contributed by atoms with Gasteiger partial charge in [-0.3, -0.25) is 20.2 Å². The Morgan fingerprint density at radius 2 is 1.90 bits per heavy atom. The van der Waals surface area contributed by atoms with Crippen molar-refractivity contribution in [1.82, 2.24) is 9.97 Å². The number of nitro groups is 2. The zero-order chi connectivity index (χ0) is 15.6. The minimum absolute atomic E-state index is 0.153. The molecule has 0 saturated carbocycles. The number of nitrogen functional groups attached to an aromatic ring is 1.